The molecule has 6 nitrogen and oxygen atoms in total. The van der Waals surface area contributed by atoms with Gasteiger partial charge in [0.2, 0.25) is 11.6 Å². The summed E-state index contributed by atoms with van der Waals surface area (Å²) in [5.74, 6) is -2.22. The second-order valence-electron chi connectivity index (χ2n) is 6.60. The third-order valence-corrected chi connectivity index (χ3v) is 6.03. The van der Waals surface area contributed by atoms with Gasteiger partial charge in [0.15, 0.2) is 0 Å². The number of benzene rings is 1. The zero-order chi connectivity index (χ0) is 22.0. The van der Waals surface area contributed by atoms with Crippen LogP contribution in [0, 0.1) is 20.8 Å². The summed E-state index contributed by atoms with van der Waals surface area (Å²) in [5, 5.41) is 0. The summed E-state index contributed by atoms with van der Waals surface area (Å²) >= 11 is 0. The quantitative estimate of drug-likeness (QED) is 0.574. The zero-order valence-electron chi connectivity index (χ0n) is 16.5. The summed E-state index contributed by atoms with van der Waals surface area (Å²) in [5.41, 5.74) is 1.49. The molecule has 0 saturated heterocycles. The second-order valence-corrected chi connectivity index (χ2v) is 8.32. The normalized spacial score (nSPS) is 12.1. The number of carbonyl (C=O) groups is 1. The summed E-state index contributed by atoms with van der Waals surface area (Å²) in [6.45, 7) is 6.60. The Morgan fingerprint density at radius 1 is 1.14 bits per heavy atom. The van der Waals surface area contributed by atoms with Crippen LogP contribution in [0.5, 0.6) is 0 Å². The molecule has 1 aromatic heterocycles. The fraction of sp³-hybridized carbons (Fsp3) is 0.421. The van der Waals surface area contributed by atoms with Gasteiger partial charge in [-0.2, -0.15) is 13.2 Å². The monoisotopic (exact) mass is 433 g/mol. The molecule has 0 aliphatic heterocycles. The smallest absolute Gasteiger partial charge is 0.448 e. The Morgan fingerprint density at radius 3 is 2.21 bits per heavy atom. The first-order valence-electron chi connectivity index (χ1n) is 8.86. The van der Waals surface area contributed by atoms with Crippen molar-refractivity contribution < 1.29 is 35.5 Å². The number of ether oxygens (including phenoxy) is 1. The molecule has 1 amide bonds. The number of halogens is 3. The molecule has 0 aliphatic rings. The van der Waals surface area contributed by atoms with Gasteiger partial charge in [0.25, 0.3) is 10.0 Å². The van der Waals surface area contributed by atoms with Gasteiger partial charge in [-0.15, -0.1) is 4.31 Å². The molecule has 0 spiro atoms. The maximum atomic E-state index is 13.3. The van der Waals surface area contributed by atoms with Crippen molar-refractivity contribution in [3.05, 3.63) is 46.7 Å². The molecule has 0 fully saturated rings. The van der Waals surface area contributed by atoms with Crippen LogP contribution in [0.4, 0.5) is 23.8 Å². The van der Waals surface area contributed by atoms with E-state index < -0.39 is 33.9 Å². The average molecular weight is 433 g/mol. The van der Waals surface area contributed by atoms with Gasteiger partial charge in [0.1, 0.15) is 0 Å². The lowest BCUT2D eigenvalue weighted by Gasteiger charge is -2.22. The van der Waals surface area contributed by atoms with E-state index >= 15 is 0 Å². The van der Waals surface area contributed by atoms with Gasteiger partial charge in [-0.3, -0.25) is 0 Å². The molecule has 1 aromatic carbocycles. The summed E-state index contributed by atoms with van der Waals surface area (Å²) in [6.07, 6.45) is -5.03. The minimum Gasteiger partial charge on any atom is -0.448 e. The molecule has 0 bridgehead atoms. The SMILES string of the molecule is CCCCOC(=O)N(c1ccc(C(F)(F)F)o1)S(=O)(=O)c1c(C)cc(C)cc1C. The van der Waals surface area contributed by atoms with Crippen molar-refractivity contribution in [3.63, 3.8) is 0 Å². The lowest BCUT2D eigenvalue weighted by molar-refractivity contribution is -0.152. The maximum Gasteiger partial charge on any atom is 0.449 e. The van der Waals surface area contributed by atoms with Crippen LogP contribution in [0.15, 0.2) is 33.6 Å². The number of amides is 1. The third kappa shape index (κ3) is 4.92. The molecular weight excluding hydrogens is 411 g/mol. The minimum atomic E-state index is -4.84. The lowest BCUT2D eigenvalue weighted by atomic mass is 10.1. The fourth-order valence-electron chi connectivity index (χ4n) is 2.92. The highest BCUT2D eigenvalue weighted by atomic mass is 32.2. The van der Waals surface area contributed by atoms with Gasteiger partial charge in [0.05, 0.1) is 11.5 Å². The van der Waals surface area contributed by atoms with Gasteiger partial charge < -0.3 is 9.15 Å². The number of rotatable bonds is 6. The average Bonchev–Trinajstić information content (AvgIpc) is 3.03. The van der Waals surface area contributed by atoms with E-state index in [1.54, 1.807) is 19.1 Å². The van der Waals surface area contributed by atoms with Gasteiger partial charge >= 0.3 is 12.3 Å². The number of nitrogens with zero attached hydrogens (tertiary/aromatic N) is 1. The predicted molar refractivity (Wildman–Crippen MR) is 100 cm³/mol. The standard InChI is InChI=1S/C19H22F3NO5S/c1-5-6-9-27-18(24)23(16-8-7-15(28-16)19(20,21)22)29(25,26)17-13(3)10-12(2)11-14(17)4/h7-8,10-11H,5-6,9H2,1-4H3. The number of unbranched alkanes of at least 4 members (excludes halogenated alkanes) is 1. The Morgan fingerprint density at radius 2 is 1.72 bits per heavy atom. The molecule has 10 heteroatoms. The summed E-state index contributed by atoms with van der Waals surface area (Å²) in [4.78, 5) is 12.4. The molecule has 0 atom stereocenters. The van der Waals surface area contributed by atoms with Crippen molar-refractivity contribution >= 4 is 22.0 Å². The van der Waals surface area contributed by atoms with Gasteiger partial charge in [0, 0.05) is 6.07 Å². The van der Waals surface area contributed by atoms with E-state index in [0.717, 1.165) is 11.6 Å². The summed E-state index contributed by atoms with van der Waals surface area (Å²) < 4.78 is 75.2. The molecule has 2 aromatic rings. The number of hydrogen-bond acceptors (Lipinski definition) is 5. The summed E-state index contributed by atoms with van der Waals surface area (Å²) in [7, 11) is -4.60. The molecular formula is C19H22F3NO5S. The van der Waals surface area contributed by atoms with Crippen LogP contribution in [0.3, 0.4) is 0 Å². The Labute approximate surface area is 167 Å². The number of sulfonamides is 1. The number of hydrogen-bond donors (Lipinski definition) is 0. The largest absolute Gasteiger partial charge is 0.449 e. The van der Waals surface area contributed by atoms with Crippen molar-refractivity contribution in [3.8, 4) is 0 Å². The van der Waals surface area contributed by atoms with Crippen molar-refractivity contribution in [2.75, 3.05) is 10.9 Å². The minimum absolute atomic E-state index is 0.0833. The molecule has 2 rings (SSSR count). The molecule has 0 N–H and O–H groups in total. The molecule has 0 saturated carbocycles. The van der Waals surface area contributed by atoms with E-state index in [1.807, 2.05) is 6.92 Å². The highest BCUT2D eigenvalue weighted by Gasteiger charge is 2.40. The van der Waals surface area contributed by atoms with Gasteiger partial charge in [-0.1, -0.05) is 31.0 Å². The number of aryl methyl sites for hydroxylation is 3. The Balaban J connectivity index is 2.61. The zero-order valence-corrected chi connectivity index (χ0v) is 17.3. The van der Waals surface area contributed by atoms with Gasteiger partial charge in [-0.05, 0) is 44.4 Å². The molecule has 160 valence electrons. The van der Waals surface area contributed by atoms with Crippen LogP contribution < -0.4 is 4.31 Å². The van der Waals surface area contributed by atoms with Crippen molar-refractivity contribution in [1.82, 2.24) is 0 Å². The van der Waals surface area contributed by atoms with Crippen molar-refractivity contribution in [1.29, 1.82) is 0 Å². The Bertz CT molecular complexity index is 973. The van der Waals surface area contributed by atoms with E-state index in [-0.39, 0.29) is 15.8 Å². The number of carbonyl (C=O) groups excluding carboxylic acids is 1. The molecule has 0 radical (unpaired) electrons. The van der Waals surface area contributed by atoms with E-state index in [9.17, 15) is 26.4 Å². The van der Waals surface area contributed by atoms with E-state index in [0.29, 0.717) is 30.0 Å². The third-order valence-electron chi connectivity index (χ3n) is 4.06. The number of alkyl halides is 3. The maximum absolute atomic E-state index is 13.3. The van der Waals surface area contributed by atoms with Crippen LogP contribution in [-0.4, -0.2) is 21.1 Å². The molecule has 0 unspecified atom stereocenters. The molecule has 1 heterocycles. The van der Waals surface area contributed by atoms with Crippen molar-refractivity contribution in [2.24, 2.45) is 0 Å². The number of furan rings is 1. The van der Waals surface area contributed by atoms with Crippen LogP contribution in [0.25, 0.3) is 0 Å². The predicted octanol–water partition coefficient (Wildman–Crippen LogP) is 5.36. The highest BCUT2D eigenvalue weighted by Crippen LogP contribution is 2.36. The first kappa shape index (κ1) is 22.8. The van der Waals surface area contributed by atoms with Crippen LogP contribution in [0.1, 0.15) is 42.2 Å². The Hall–Kier alpha value is -2.49. The topological polar surface area (TPSA) is 76.8 Å². The van der Waals surface area contributed by atoms with Gasteiger partial charge in [-0.25, -0.2) is 13.2 Å². The number of anilines is 1. The van der Waals surface area contributed by atoms with E-state index in [2.05, 4.69) is 4.42 Å². The molecule has 0 aliphatic carbocycles. The summed E-state index contributed by atoms with van der Waals surface area (Å²) in [6, 6.07) is 4.54. The van der Waals surface area contributed by atoms with Crippen LogP contribution in [0.2, 0.25) is 0 Å². The highest BCUT2D eigenvalue weighted by molar-refractivity contribution is 7.93. The lowest BCUT2D eigenvalue weighted by Crippen LogP contribution is -2.38. The fourth-order valence-corrected chi connectivity index (χ4v) is 4.62. The second kappa shape index (κ2) is 8.48. The first-order chi connectivity index (χ1) is 13.4. The first-order valence-corrected chi connectivity index (χ1v) is 10.3. The van der Waals surface area contributed by atoms with E-state index in [4.69, 9.17) is 4.74 Å². The van der Waals surface area contributed by atoms with Crippen LogP contribution >= 0.6 is 0 Å². The van der Waals surface area contributed by atoms with Crippen molar-refractivity contribution in [2.45, 2.75) is 51.6 Å². The Kier molecular flexibility index (Phi) is 6.67. The molecule has 29 heavy (non-hydrogen) atoms. The van der Waals surface area contributed by atoms with E-state index in [1.165, 1.54) is 13.8 Å². The van der Waals surface area contributed by atoms with Crippen LogP contribution in [-0.2, 0) is 20.9 Å².